The molecule has 0 bridgehead atoms. The fraction of sp³-hybridized carbons (Fsp3) is 0.280. The summed E-state index contributed by atoms with van der Waals surface area (Å²) in [5.74, 6) is -0.252. The van der Waals surface area contributed by atoms with Crippen molar-refractivity contribution >= 4 is 23.1 Å². The first kappa shape index (κ1) is 25.4. The van der Waals surface area contributed by atoms with E-state index >= 15 is 0 Å². The largest absolute Gasteiger partial charge is 1.00 e. The van der Waals surface area contributed by atoms with E-state index in [1.807, 2.05) is 29.2 Å². The van der Waals surface area contributed by atoms with E-state index in [-0.39, 0.29) is 18.2 Å². The summed E-state index contributed by atoms with van der Waals surface area (Å²) in [6.45, 7) is 2.19. The number of quaternary nitrogens is 1. The van der Waals surface area contributed by atoms with Crippen LogP contribution in [0.15, 0.2) is 76.5 Å². The number of anilines is 2. The smallest absolute Gasteiger partial charge is 0.416 e. The predicted molar refractivity (Wildman–Crippen MR) is 121 cm³/mol. The second-order valence-corrected chi connectivity index (χ2v) is 9.78. The van der Waals surface area contributed by atoms with E-state index in [0.29, 0.717) is 16.7 Å². The molecule has 0 spiro atoms. The highest BCUT2D eigenvalue weighted by atomic mass is 35.5. The lowest BCUT2D eigenvalue weighted by Gasteiger charge is -2.35. The number of fused-ring (bicyclic) bond motifs is 2. The zero-order valence-electron chi connectivity index (χ0n) is 18.4. The van der Waals surface area contributed by atoms with Crippen LogP contribution in [0.5, 0.6) is 0 Å². The van der Waals surface area contributed by atoms with Crippen LogP contribution in [0.4, 0.5) is 28.9 Å². The monoisotopic (exact) mass is 496 g/mol. The molecule has 0 amide bonds. The minimum Gasteiger partial charge on any atom is -1.00 e. The first-order valence-electron chi connectivity index (χ1n) is 10.4. The Labute approximate surface area is 202 Å². The fourth-order valence-electron chi connectivity index (χ4n) is 4.07. The van der Waals surface area contributed by atoms with E-state index in [1.54, 1.807) is 18.2 Å². The molecule has 0 aromatic heterocycles. The molecular formula is C25H25ClF4N2S. The van der Waals surface area contributed by atoms with E-state index in [1.165, 1.54) is 30.0 Å². The Bertz CT molecular complexity index is 1100. The molecule has 0 fully saturated rings. The molecule has 3 aromatic carbocycles. The first-order chi connectivity index (χ1) is 15.1. The second-order valence-electron chi connectivity index (χ2n) is 8.70. The summed E-state index contributed by atoms with van der Waals surface area (Å²) in [5.41, 5.74) is 1.96. The third-order valence-corrected chi connectivity index (χ3v) is 6.75. The Morgan fingerprint density at radius 3 is 2.24 bits per heavy atom. The van der Waals surface area contributed by atoms with Gasteiger partial charge in [-0.2, -0.15) is 13.2 Å². The van der Waals surface area contributed by atoms with E-state index in [9.17, 15) is 17.6 Å². The Kier molecular flexibility index (Phi) is 7.66. The molecule has 3 aromatic rings. The third-order valence-electron chi connectivity index (χ3n) is 5.62. The highest BCUT2D eigenvalue weighted by molar-refractivity contribution is 7.99. The lowest BCUT2D eigenvalue weighted by atomic mass is 10.1. The number of nitrogens with zero attached hydrogens (tertiary/aromatic N) is 2. The van der Waals surface area contributed by atoms with Gasteiger partial charge in [0.2, 0.25) is 0 Å². The summed E-state index contributed by atoms with van der Waals surface area (Å²) >= 11 is 1.50. The van der Waals surface area contributed by atoms with Gasteiger partial charge in [-0.1, -0.05) is 36.0 Å². The predicted octanol–water partition coefficient (Wildman–Crippen LogP) is 4.12. The molecule has 0 N–H and O–H groups in total. The van der Waals surface area contributed by atoms with E-state index in [0.717, 1.165) is 46.6 Å². The minimum atomic E-state index is -4.38. The van der Waals surface area contributed by atoms with Gasteiger partial charge in [0.05, 0.1) is 37.6 Å². The van der Waals surface area contributed by atoms with Crippen LogP contribution in [0.3, 0.4) is 0 Å². The van der Waals surface area contributed by atoms with Crippen molar-refractivity contribution in [1.82, 2.24) is 0 Å². The third kappa shape index (κ3) is 6.02. The topological polar surface area (TPSA) is 3.24 Å². The van der Waals surface area contributed by atoms with Gasteiger partial charge in [0.15, 0.2) is 0 Å². The van der Waals surface area contributed by atoms with Crippen LogP contribution >= 0.6 is 11.8 Å². The van der Waals surface area contributed by atoms with E-state index in [2.05, 4.69) is 14.1 Å². The Balaban J connectivity index is 0.00000306. The molecule has 1 aliphatic heterocycles. The van der Waals surface area contributed by atoms with Crippen molar-refractivity contribution in [1.29, 1.82) is 0 Å². The van der Waals surface area contributed by atoms with Crippen molar-refractivity contribution < 1.29 is 34.5 Å². The SMILES string of the molecule is C[N+](C)(CCCN1c2ccccc2Sc2ccc(C(F)(F)F)cc21)Cc1ccc(F)cc1.[Cl-]. The number of halogens is 5. The van der Waals surface area contributed by atoms with Crippen LogP contribution in [0, 0.1) is 5.82 Å². The number of hydrogen-bond acceptors (Lipinski definition) is 2. The molecule has 0 aliphatic carbocycles. The second kappa shape index (κ2) is 9.95. The lowest BCUT2D eigenvalue weighted by molar-refractivity contribution is -0.903. The molecule has 4 rings (SSSR count). The molecule has 176 valence electrons. The lowest BCUT2D eigenvalue weighted by Crippen LogP contribution is -3.00. The van der Waals surface area contributed by atoms with Crippen molar-refractivity contribution in [2.75, 3.05) is 32.1 Å². The number of hydrogen-bond donors (Lipinski definition) is 0. The van der Waals surface area contributed by atoms with Crippen LogP contribution in [-0.2, 0) is 12.7 Å². The van der Waals surface area contributed by atoms with Crippen LogP contribution in [0.1, 0.15) is 17.5 Å². The molecule has 0 saturated carbocycles. The highest BCUT2D eigenvalue weighted by Gasteiger charge is 2.33. The number of alkyl halides is 3. The maximum absolute atomic E-state index is 13.4. The van der Waals surface area contributed by atoms with Crippen LogP contribution in [0.25, 0.3) is 0 Å². The van der Waals surface area contributed by atoms with Gasteiger partial charge < -0.3 is 21.8 Å². The minimum absolute atomic E-state index is 0. The Morgan fingerprint density at radius 2 is 1.55 bits per heavy atom. The van der Waals surface area contributed by atoms with Gasteiger partial charge in [-0.05, 0) is 42.5 Å². The maximum Gasteiger partial charge on any atom is 0.416 e. The highest BCUT2D eigenvalue weighted by Crippen LogP contribution is 2.49. The summed E-state index contributed by atoms with van der Waals surface area (Å²) < 4.78 is 54.0. The van der Waals surface area contributed by atoms with Gasteiger partial charge in [-0.3, -0.25) is 0 Å². The Morgan fingerprint density at radius 1 is 0.879 bits per heavy atom. The molecule has 0 unspecified atom stereocenters. The molecule has 0 atom stereocenters. The van der Waals surface area contributed by atoms with Gasteiger partial charge in [0.1, 0.15) is 12.4 Å². The van der Waals surface area contributed by atoms with Gasteiger partial charge in [0, 0.05) is 28.3 Å². The molecule has 1 heterocycles. The fourth-order valence-corrected chi connectivity index (χ4v) is 5.14. The van der Waals surface area contributed by atoms with Gasteiger partial charge >= 0.3 is 6.18 Å². The van der Waals surface area contributed by atoms with E-state index in [4.69, 9.17) is 0 Å². The van der Waals surface area contributed by atoms with Gasteiger partial charge in [-0.25, -0.2) is 4.39 Å². The molecule has 8 heteroatoms. The number of rotatable bonds is 6. The zero-order chi connectivity index (χ0) is 22.9. The molecule has 0 radical (unpaired) electrons. The van der Waals surface area contributed by atoms with Crippen LogP contribution in [0.2, 0.25) is 0 Å². The summed E-state index contributed by atoms with van der Waals surface area (Å²) in [6, 6.07) is 18.3. The summed E-state index contributed by atoms with van der Waals surface area (Å²) in [6.07, 6.45) is -3.58. The molecule has 0 saturated heterocycles. The van der Waals surface area contributed by atoms with E-state index < -0.39 is 11.7 Å². The Hall–Kier alpha value is -2.22. The maximum atomic E-state index is 13.4. The van der Waals surface area contributed by atoms with Crippen LogP contribution in [-0.4, -0.2) is 31.7 Å². The molecule has 1 aliphatic rings. The zero-order valence-corrected chi connectivity index (χ0v) is 19.9. The van der Waals surface area contributed by atoms with Crippen molar-refractivity contribution in [3.05, 3.63) is 83.7 Å². The van der Waals surface area contributed by atoms with Gasteiger partial charge in [-0.15, -0.1) is 0 Å². The summed E-state index contributed by atoms with van der Waals surface area (Å²) in [7, 11) is 4.22. The average molecular weight is 497 g/mol. The van der Waals surface area contributed by atoms with Gasteiger partial charge in [0.25, 0.3) is 0 Å². The van der Waals surface area contributed by atoms with Crippen molar-refractivity contribution in [3.8, 4) is 0 Å². The molecule has 33 heavy (non-hydrogen) atoms. The van der Waals surface area contributed by atoms with Crippen molar-refractivity contribution in [2.24, 2.45) is 0 Å². The summed E-state index contributed by atoms with van der Waals surface area (Å²) in [4.78, 5) is 3.88. The number of para-hydroxylation sites is 1. The number of benzene rings is 3. The molecule has 2 nitrogen and oxygen atoms in total. The normalized spacial score (nSPS) is 13.2. The quantitative estimate of drug-likeness (QED) is 0.373. The first-order valence-corrected chi connectivity index (χ1v) is 11.3. The van der Waals surface area contributed by atoms with Crippen molar-refractivity contribution in [3.63, 3.8) is 0 Å². The summed E-state index contributed by atoms with van der Waals surface area (Å²) in [5, 5.41) is 0. The average Bonchev–Trinajstić information content (AvgIpc) is 2.73. The van der Waals surface area contributed by atoms with Crippen LogP contribution < -0.4 is 17.3 Å². The standard InChI is InChI=1S/C25H25F4N2S.ClH/c1-31(2,17-18-8-11-20(26)12-9-18)15-5-14-30-21-6-3-4-7-23(21)32-24-13-10-19(16-22(24)30)25(27,28)29;/h3-4,6-13,16H,5,14-15,17H2,1-2H3;1H/q+1;/p-1. The molecular weight excluding hydrogens is 472 g/mol. The van der Waals surface area contributed by atoms with Crippen molar-refractivity contribution in [2.45, 2.75) is 28.9 Å².